The van der Waals surface area contributed by atoms with E-state index < -0.39 is 17.3 Å². The van der Waals surface area contributed by atoms with Gasteiger partial charge in [0.2, 0.25) is 0 Å². The van der Waals surface area contributed by atoms with Gasteiger partial charge in [-0.25, -0.2) is 4.39 Å². The van der Waals surface area contributed by atoms with Crippen LogP contribution in [0.2, 0.25) is 0 Å². The molecule has 0 N–H and O–H groups in total. The molecular formula is C29H35F4N3O2. The van der Waals surface area contributed by atoms with Crippen LogP contribution in [0.5, 0.6) is 0 Å². The maximum Gasteiger partial charge on any atom is 0.417 e. The minimum absolute atomic E-state index is 0.0683. The van der Waals surface area contributed by atoms with Gasteiger partial charge in [0.15, 0.2) is 0 Å². The second-order valence-corrected chi connectivity index (χ2v) is 11.2. The number of benzene rings is 1. The van der Waals surface area contributed by atoms with Crippen molar-refractivity contribution in [3.63, 3.8) is 0 Å². The van der Waals surface area contributed by atoms with Crippen molar-refractivity contribution in [2.24, 2.45) is 5.92 Å². The third-order valence-electron chi connectivity index (χ3n) is 8.72. The molecule has 2 fully saturated rings. The van der Waals surface area contributed by atoms with E-state index in [9.17, 15) is 22.4 Å². The van der Waals surface area contributed by atoms with Crippen LogP contribution in [0.15, 0.2) is 36.5 Å². The zero-order chi connectivity index (χ0) is 27.1. The first-order valence-electron chi connectivity index (χ1n) is 13.5. The lowest BCUT2D eigenvalue weighted by Crippen LogP contribution is -2.60. The first-order valence-corrected chi connectivity index (χ1v) is 13.5. The molecule has 1 aromatic heterocycles. The number of nitrogens with zero attached hydrogens (tertiary/aromatic N) is 3. The molecule has 0 radical (unpaired) electrons. The third kappa shape index (κ3) is 5.32. The summed E-state index contributed by atoms with van der Waals surface area (Å²) in [5, 5.41) is 0. The Bertz CT molecular complexity index is 1140. The van der Waals surface area contributed by atoms with Gasteiger partial charge in [-0.3, -0.25) is 14.7 Å². The molecule has 2 aromatic rings. The molecule has 4 heterocycles. The topological polar surface area (TPSA) is 45.7 Å². The predicted molar refractivity (Wildman–Crippen MR) is 135 cm³/mol. The van der Waals surface area contributed by atoms with Crippen molar-refractivity contribution < 1.29 is 27.1 Å². The Kier molecular flexibility index (Phi) is 7.52. The summed E-state index contributed by atoms with van der Waals surface area (Å²) in [4.78, 5) is 21.9. The maximum absolute atomic E-state index is 13.8. The summed E-state index contributed by atoms with van der Waals surface area (Å²) in [5.74, 6) is -0.00236. The number of pyridine rings is 1. The van der Waals surface area contributed by atoms with Crippen LogP contribution in [-0.2, 0) is 28.7 Å². The number of halogens is 4. The normalized spacial score (nSPS) is 25.4. The fourth-order valence-electron chi connectivity index (χ4n) is 6.30. The minimum atomic E-state index is -4.47. The molecule has 3 aliphatic heterocycles. The van der Waals surface area contributed by atoms with Crippen LogP contribution in [-0.4, -0.2) is 58.6 Å². The molecule has 38 heavy (non-hydrogen) atoms. The minimum Gasteiger partial charge on any atom is -0.363 e. The molecule has 1 amide bonds. The second-order valence-electron chi connectivity index (χ2n) is 11.2. The van der Waals surface area contributed by atoms with Crippen molar-refractivity contribution in [3.05, 3.63) is 64.7 Å². The van der Waals surface area contributed by atoms with Crippen LogP contribution in [0.3, 0.4) is 0 Å². The number of amides is 1. The first-order chi connectivity index (χ1) is 18.1. The molecule has 0 aliphatic carbocycles. The van der Waals surface area contributed by atoms with Crippen molar-refractivity contribution in [1.82, 2.24) is 14.8 Å². The highest BCUT2D eigenvalue weighted by molar-refractivity contribution is 5.86. The Balaban J connectivity index is 1.21. The third-order valence-corrected chi connectivity index (χ3v) is 8.72. The monoisotopic (exact) mass is 533 g/mol. The van der Waals surface area contributed by atoms with Crippen molar-refractivity contribution in [1.29, 1.82) is 0 Å². The zero-order valence-electron chi connectivity index (χ0n) is 21.9. The second kappa shape index (κ2) is 10.6. The highest BCUT2D eigenvalue weighted by Crippen LogP contribution is 2.39. The van der Waals surface area contributed by atoms with Crippen LogP contribution in [0, 0.1) is 11.7 Å². The van der Waals surface area contributed by atoms with Gasteiger partial charge in [0.25, 0.3) is 5.91 Å². The SMILES string of the molecule is CC(C)C1(C(=O)N2CCc3ncc(C(F)(F)F)cc3C2)CCC(N2CCC(c3ccc(F)cc3)CC2)CO1. The van der Waals surface area contributed by atoms with Gasteiger partial charge in [-0.1, -0.05) is 26.0 Å². The Labute approximate surface area is 221 Å². The van der Waals surface area contributed by atoms with Crippen LogP contribution < -0.4 is 0 Å². The van der Waals surface area contributed by atoms with E-state index in [1.54, 1.807) is 4.90 Å². The smallest absolute Gasteiger partial charge is 0.363 e. The van der Waals surface area contributed by atoms with E-state index in [2.05, 4.69) is 9.88 Å². The Hall–Kier alpha value is -2.52. The maximum atomic E-state index is 13.8. The molecule has 0 saturated carbocycles. The van der Waals surface area contributed by atoms with Crippen molar-refractivity contribution >= 4 is 5.91 Å². The summed E-state index contributed by atoms with van der Waals surface area (Å²) in [6, 6.07) is 8.14. The first kappa shape index (κ1) is 27.1. The number of fused-ring (bicyclic) bond motifs is 1. The summed E-state index contributed by atoms with van der Waals surface area (Å²) in [6.07, 6.45) is 0.237. The average molecular weight is 534 g/mol. The number of hydrogen-bond acceptors (Lipinski definition) is 4. The average Bonchev–Trinajstić information content (AvgIpc) is 2.92. The van der Waals surface area contributed by atoms with Gasteiger partial charge in [0.1, 0.15) is 11.4 Å². The molecule has 9 heteroatoms. The summed E-state index contributed by atoms with van der Waals surface area (Å²) >= 11 is 0. The fourth-order valence-corrected chi connectivity index (χ4v) is 6.30. The van der Waals surface area contributed by atoms with E-state index in [0.717, 1.165) is 44.6 Å². The lowest BCUT2D eigenvalue weighted by Gasteiger charge is -2.48. The number of piperidine rings is 1. The van der Waals surface area contributed by atoms with E-state index in [1.807, 2.05) is 26.0 Å². The van der Waals surface area contributed by atoms with Gasteiger partial charge >= 0.3 is 6.18 Å². The van der Waals surface area contributed by atoms with Crippen molar-refractivity contribution in [3.8, 4) is 0 Å². The molecule has 1 aromatic carbocycles. The number of likely N-dealkylation sites (tertiary alicyclic amines) is 1. The Morgan fingerprint density at radius 2 is 1.82 bits per heavy atom. The van der Waals surface area contributed by atoms with Gasteiger partial charge < -0.3 is 9.64 Å². The van der Waals surface area contributed by atoms with Gasteiger partial charge in [0.05, 0.1) is 12.2 Å². The molecule has 206 valence electrons. The fraction of sp³-hybridized carbons (Fsp3) is 0.586. The van der Waals surface area contributed by atoms with E-state index >= 15 is 0 Å². The van der Waals surface area contributed by atoms with Crippen LogP contribution >= 0.6 is 0 Å². The van der Waals surface area contributed by atoms with E-state index in [4.69, 9.17) is 4.74 Å². The quantitative estimate of drug-likeness (QED) is 0.482. The summed E-state index contributed by atoms with van der Waals surface area (Å²) in [5.41, 5.74) is 0.487. The molecular weight excluding hydrogens is 498 g/mol. The van der Waals surface area contributed by atoms with Crippen molar-refractivity contribution in [2.75, 3.05) is 26.2 Å². The highest BCUT2D eigenvalue weighted by atomic mass is 19.4. The number of carbonyl (C=O) groups excluding carboxylic acids is 1. The van der Waals surface area contributed by atoms with E-state index in [0.29, 0.717) is 43.2 Å². The molecule has 3 aliphatic rings. The van der Waals surface area contributed by atoms with Gasteiger partial charge in [-0.05, 0) is 79.9 Å². The molecule has 2 atom stereocenters. The molecule has 2 unspecified atom stereocenters. The predicted octanol–water partition coefficient (Wildman–Crippen LogP) is 5.58. The van der Waals surface area contributed by atoms with E-state index in [1.165, 1.54) is 17.7 Å². The van der Waals surface area contributed by atoms with Crippen LogP contribution in [0.1, 0.15) is 67.8 Å². The molecule has 5 nitrogen and oxygen atoms in total. The zero-order valence-corrected chi connectivity index (χ0v) is 21.9. The van der Waals surface area contributed by atoms with Crippen LogP contribution in [0.4, 0.5) is 17.6 Å². The molecule has 5 rings (SSSR count). The standard InChI is InChI=1S/C29H35F4N3O2/c1-19(2)28(27(37)36-14-10-26-22(17-36)15-23(16-34-26)29(31,32)33)11-7-25(18-38-28)35-12-8-21(9-13-35)20-3-5-24(30)6-4-20/h3-6,15-16,19,21,25H,7-14,17-18H2,1-2H3. The number of aromatic nitrogens is 1. The Morgan fingerprint density at radius 3 is 2.42 bits per heavy atom. The van der Waals surface area contributed by atoms with Gasteiger partial charge in [-0.2, -0.15) is 13.2 Å². The number of ether oxygens (including phenoxy) is 1. The molecule has 0 bridgehead atoms. The van der Waals surface area contributed by atoms with Crippen LogP contribution in [0.25, 0.3) is 0 Å². The summed E-state index contributed by atoms with van der Waals surface area (Å²) < 4.78 is 59.4. The van der Waals surface area contributed by atoms with Gasteiger partial charge in [-0.15, -0.1) is 0 Å². The van der Waals surface area contributed by atoms with Crippen molar-refractivity contribution in [2.45, 2.75) is 76.2 Å². The number of alkyl halides is 3. The lowest BCUT2D eigenvalue weighted by molar-refractivity contribution is -0.181. The number of hydrogen-bond donors (Lipinski definition) is 0. The summed E-state index contributed by atoms with van der Waals surface area (Å²) in [6.45, 7) is 6.80. The summed E-state index contributed by atoms with van der Waals surface area (Å²) in [7, 11) is 0. The highest BCUT2D eigenvalue weighted by Gasteiger charge is 2.49. The largest absolute Gasteiger partial charge is 0.417 e. The number of rotatable bonds is 4. The Morgan fingerprint density at radius 1 is 1.11 bits per heavy atom. The van der Waals surface area contributed by atoms with E-state index in [-0.39, 0.29) is 30.2 Å². The molecule has 2 saturated heterocycles. The van der Waals surface area contributed by atoms with Gasteiger partial charge in [0, 0.05) is 37.4 Å². The lowest BCUT2D eigenvalue weighted by atomic mass is 9.80. The molecule has 0 spiro atoms. The number of carbonyl (C=O) groups is 1.